The number of rotatable bonds is 4. The van der Waals surface area contributed by atoms with Gasteiger partial charge in [0, 0.05) is 23.8 Å². The van der Waals surface area contributed by atoms with Gasteiger partial charge in [-0.25, -0.2) is 4.68 Å². The van der Waals surface area contributed by atoms with E-state index in [0.717, 1.165) is 23.6 Å². The molecule has 2 saturated heterocycles. The molecule has 2 aliphatic heterocycles. The second-order valence-electron chi connectivity index (χ2n) is 8.10. The van der Waals surface area contributed by atoms with Crippen molar-refractivity contribution in [1.82, 2.24) is 20.0 Å². The maximum Gasteiger partial charge on any atom is 0.251 e. The summed E-state index contributed by atoms with van der Waals surface area (Å²) >= 11 is 0. The first-order valence-electron chi connectivity index (χ1n) is 10.3. The summed E-state index contributed by atoms with van der Waals surface area (Å²) in [6, 6.07) is 10.5. The van der Waals surface area contributed by atoms with Crippen molar-refractivity contribution in [2.45, 2.75) is 52.0 Å². The molecule has 1 N–H and O–H groups in total. The molecule has 2 aliphatic rings. The first kappa shape index (κ1) is 18.2. The minimum atomic E-state index is 0.0197. The zero-order valence-electron chi connectivity index (χ0n) is 16.4. The quantitative estimate of drug-likeness (QED) is 0.901. The van der Waals surface area contributed by atoms with Crippen LogP contribution in [0, 0.1) is 19.8 Å². The van der Waals surface area contributed by atoms with E-state index in [2.05, 4.69) is 15.3 Å². The number of hydrogen-bond acceptors (Lipinski definition) is 3. The molecule has 27 heavy (non-hydrogen) atoms. The number of hydrogen-bond donors (Lipinski definition) is 1. The van der Waals surface area contributed by atoms with E-state index < -0.39 is 0 Å². The molecule has 5 heteroatoms. The Bertz CT molecular complexity index is 810. The molecule has 0 saturated carbocycles. The highest BCUT2D eigenvalue weighted by Crippen LogP contribution is 2.30. The topological polar surface area (TPSA) is 50.2 Å². The predicted molar refractivity (Wildman–Crippen MR) is 107 cm³/mol. The molecule has 2 fully saturated rings. The van der Waals surface area contributed by atoms with Crippen LogP contribution in [0.4, 0.5) is 0 Å². The maximum atomic E-state index is 12.8. The summed E-state index contributed by atoms with van der Waals surface area (Å²) < 4.78 is 1.90. The summed E-state index contributed by atoms with van der Waals surface area (Å²) in [5.74, 6) is 0.605. The molecule has 2 atom stereocenters. The van der Waals surface area contributed by atoms with Gasteiger partial charge in [-0.3, -0.25) is 4.79 Å². The summed E-state index contributed by atoms with van der Waals surface area (Å²) in [7, 11) is 0. The fourth-order valence-corrected chi connectivity index (χ4v) is 4.81. The van der Waals surface area contributed by atoms with Crippen LogP contribution in [-0.4, -0.2) is 46.3 Å². The Morgan fingerprint density at radius 2 is 2.00 bits per heavy atom. The summed E-state index contributed by atoms with van der Waals surface area (Å²) in [4.78, 5) is 15.4. The van der Waals surface area contributed by atoms with E-state index in [1.165, 1.54) is 45.2 Å². The van der Waals surface area contributed by atoms with Gasteiger partial charge in [0.25, 0.3) is 5.91 Å². The summed E-state index contributed by atoms with van der Waals surface area (Å²) in [6.45, 7) is 7.27. The Labute approximate surface area is 161 Å². The molecule has 4 rings (SSSR count). The number of piperidine rings is 2. The van der Waals surface area contributed by atoms with Crippen LogP contribution in [0.3, 0.4) is 0 Å². The molecule has 0 spiro atoms. The lowest BCUT2D eigenvalue weighted by Gasteiger charge is -2.44. The van der Waals surface area contributed by atoms with Gasteiger partial charge in [0.2, 0.25) is 0 Å². The standard InChI is InChI=1S/C22H30N4O/c1-16-13-17(2)26(24-16)20-9-5-7-18(14-20)22(27)23-15-19-8-6-12-25-11-4-3-10-21(19)25/h5,7,9,13-14,19,21H,3-4,6,8,10-12,15H2,1-2H3,(H,23,27)/t19-,21-/m0/s1. The Balaban J connectivity index is 1.42. The third-order valence-electron chi connectivity index (χ3n) is 6.12. The second-order valence-corrected chi connectivity index (χ2v) is 8.10. The van der Waals surface area contributed by atoms with Gasteiger partial charge in [-0.2, -0.15) is 5.10 Å². The number of carbonyl (C=O) groups excluding carboxylic acids is 1. The molecule has 3 heterocycles. The van der Waals surface area contributed by atoms with E-state index in [-0.39, 0.29) is 5.91 Å². The average Bonchev–Trinajstić information content (AvgIpc) is 3.04. The fraction of sp³-hybridized carbons (Fsp3) is 0.545. The number of nitrogens with zero attached hydrogens (tertiary/aromatic N) is 3. The molecule has 0 aliphatic carbocycles. The average molecular weight is 367 g/mol. The van der Waals surface area contributed by atoms with Crippen molar-refractivity contribution in [3.05, 3.63) is 47.3 Å². The van der Waals surface area contributed by atoms with Gasteiger partial charge in [-0.05, 0) is 82.8 Å². The Hall–Kier alpha value is -2.14. The number of amides is 1. The lowest BCUT2D eigenvalue weighted by Crippen LogP contribution is -2.51. The van der Waals surface area contributed by atoms with Crippen LogP contribution in [0.5, 0.6) is 0 Å². The van der Waals surface area contributed by atoms with E-state index in [0.29, 0.717) is 17.5 Å². The van der Waals surface area contributed by atoms with Crippen molar-refractivity contribution >= 4 is 5.91 Å². The van der Waals surface area contributed by atoms with Crippen molar-refractivity contribution in [1.29, 1.82) is 0 Å². The van der Waals surface area contributed by atoms with Crippen molar-refractivity contribution in [3.8, 4) is 5.69 Å². The van der Waals surface area contributed by atoms with Crippen LogP contribution < -0.4 is 5.32 Å². The Morgan fingerprint density at radius 1 is 1.15 bits per heavy atom. The van der Waals surface area contributed by atoms with Gasteiger partial charge in [0.1, 0.15) is 0 Å². The number of benzene rings is 1. The van der Waals surface area contributed by atoms with Crippen molar-refractivity contribution < 1.29 is 4.79 Å². The SMILES string of the molecule is Cc1cc(C)n(-c2cccc(C(=O)NC[C@@H]3CCCN4CCCC[C@@H]34)c2)n1. The third kappa shape index (κ3) is 3.93. The van der Waals surface area contributed by atoms with Crippen molar-refractivity contribution in [2.75, 3.05) is 19.6 Å². The highest BCUT2D eigenvalue weighted by molar-refractivity contribution is 5.94. The van der Waals surface area contributed by atoms with Gasteiger partial charge in [-0.1, -0.05) is 12.5 Å². The van der Waals surface area contributed by atoms with Crippen LogP contribution in [-0.2, 0) is 0 Å². The summed E-state index contributed by atoms with van der Waals surface area (Å²) in [5.41, 5.74) is 3.70. The highest BCUT2D eigenvalue weighted by atomic mass is 16.1. The number of carbonyl (C=O) groups is 1. The Morgan fingerprint density at radius 3 is 2.81 bits per heavy atom. The largest absolute Gasteiger partial charge is 0.352 e. The lowest BCUT2D eigenvalue weighted by molar-refractivity contribution is 0.0575. The fourth-order valence-electron chi connectivity index (χ4n) is 4.81. The number of aryl methyl sites for hydroxylation is 2. The van der Waals surface area contributed by atoms with Crippen molar-refractivity contribution in [3.63, 3.8) is 0 Å². The Kier molecular flexibility index (Phi) is 5.30. The van der Waals surface area contributed by atoms with Gasteiger partial charge < -0.3 is 10.2 Å². The molecular formula is C22H30N4O. The normalized spacial score (nSPS) is 23.0. The molecule has 144 valence electrons. The summed E-state index contributed by atoms with van der Waals surface area (Å²) in [5, 5.41) is 7.73. The van der Waals surface area contributed by atoms with E-state index in [1.807, 2.05) is 48.9 Å². The third-order valence-corrected chi connectivity index (χ3v) is 6.12. The first-order chi connectivity index (χ1) is 13.1. The minimum Gasteiger partial charge on any atom is -0.352 e. The molecule has 1 aromatic carbocycles. The maximum absolute atomic E-state index is 12.8. The molecule has 2 aromatic rings. The zero-order chi connectivity index (χ0) is 18.8. The highest BCUT2D eigenvalue weighted by Gasteiger charge is 2.32. The molecule has 1 aromatic heterocycles. The summed E-state index contributed by atoms with van der Waals surface area (Å²) in [6.07, 6.45) is 6.43. The van der Waals surface area contributed by atoms with Crippen LogP contribution in [0.15, 0.2) is 30.3 Å². The monoisotopic (exact) mass is 366 g/mol. The molecule has 0 bridgehead atoms. The van der Waals surface area contributed by atoms with Crippen LogP contribution in [0.25, 0.3) is 5.69 Å². The molecule has 5 nitrogen and oxygen atoms in total. The molecule has 0 unspecified atom stereocenters. The van der Waals surface area contributed by atoms with Gasteiger partial charge in [0.15, 0.2) is 0 Å². The van der Waals surface area contributed by atoms with E-state index in [1.54, 1.807) is 0 Å². The lowest BCUT2D eigenvalue weighted by atomic mass is 9.83. The number of nitrogens with one attached hydrogen (secondary N) is 1. The van der Waals surface area contributed by atoms with Gasteiger partial charge in [0.05, 0.1) is 11.4 Å². The van der Waals surface area contributed by atoms with Crippen LogP contribution >= 0.6 is 0 Å². The van der Waals surface area contributed by atoms with E-state index in [4.69, 9.17) is 0 Å². The van der Waals surface area contributed by atoms with Crippen molar-refractivity contribution in [2.24, 2.45) is 5.92 Å². The number of aromatic nitrogens is 2. The van der Waals surface area contributed by atoms with Crippen LogP contribution in [0.2, 0.25) is 0 Å². The predicted octanol–water partition coefficient (Wildman–Crippen LogP) is 3.48. The zero-order valence-corrected chi connectivity index (χ0v) is 16.4. The first-order valence-corrected chi connectivity index (χ1v) is 10.3. The minimum absolute atomic E-state index is 0.0197. The van der Waals surface area contributed by atoms with Gasteiger partial charge in [-0.15, -0.1) is 0 Å². The van der Waals surface area contributed by atoms with E-state index in [9.17, 15) is 4.79 Å². The molecule has 1 amide bonds. The smallest absolute Gasteiger partial charge is 0.251 e. The second kappa shape index (κ2) is 7.85. The van der Waals surface area contributed by atoms with Crippen LogP contribution in [0.1, 0.15) is 53.8 Å². The number of fused-ring (bicyclic) bond motifs is 1. The molecule has 0 radical (unpaired) electrons. The van der Waals surface area contributed by atoms with Gasteiger partial charge >= 0.3 is 0 Å². The molecular weight excluding hydrogens is 336 g/mol. The van der Waals surface area contributed by atoms with E-state index >= 15 is 0 Å².